The molecule has 0 spiro atoms. The molecule has 0 aliphatic heterocycles. The van der Waals surface area contributed by atoms with Crippen molar-refractivity contribution in [3.63, 3.8) is 0 Å². The summed E-state index contributed by atoms with van der Waals surface area (Å²) in [4.78, 5) is 0. The van der Waals surface area contributed by atoms with Gasteiger partial charge in [-0.3, -0.25) is 0 Å². The van der Waals surface area contributed by atoms with Gasteiger partial charge in [-0.2, -0.15) is 0 Å². The minimum atomic E-state index is -0.357. The number of hydrogen-bond donors (Lipinski definition) is 1. The summed E-state index contributed by atoms with van der Waals surface area (Å²) in [5.74, 6) is 0.688. The molecular formula is C15H22O. The van der Waals surface area contributed by atoms with Gasteiger partial charge in [-0.15, -0.1) is 0 Å². The van der Waals surface area contributed by atoms with E-state index >= 15 is 0 Å². The summed E-state index contributed by atoms with van der Waals surface area (Å²) < 4.78 is 0. The summed E-state index contributed by atoms with van der Waals surface area (Å²) in [6.07, 6.45) is 3.55. The van der Waals surface area contributed by atoms with Crippen LogP contribution in [0.4, 0.5) is 0 Å². The van der Waals surface area contributed by atoms with Crippen molar-refractivity contribution in [2.24, 2.45) is 5.41 Å². The average Bonchev–Trinajstić information content (AvgIpc) is 2.13. The van der Waals surface area contributed by atoms with E-state index in [1.54, 1.807) is 0 Å². The van der Waals surface area contributed by atoms with Crippen LogP contribution in [0.15, 0.2) is 24.3 Å². The van der Waals surface area contributed by atoms with Gasteiger partial charge in [0, 0.05) is 0 Å². The lowest BCUT2D eigenvalue weighted by atomic mass is 9.74. The second-order valence-corrected chi connectivity index (χ2v) is 6.03. The van der Waals surface area contributed by atoms with Crippen molar-refractivity contribution < 1.29 is 5.11 Å². The van der Waals surface area contributed by atoms with Crippen LogP contribution in [0.5, 0.6) is 0 Å². The van der Waals surface area contributed by atoms with Crippen molar-refractivity contribution in [2.45, 2.75) is 52.1 Å². The van der Waals surface area contributed by atoms with E-state index in [1.165, 1.54) is 24.8 Å². The molecule has 0 aromatic heterocycles. The highest BCUT2D eigenvalue weighted by Gasteiger charge is 2.29. The lowest BCUT2D eigenvalue weighted by molar-refractivity contribution is 0.0611. The lowest BCUT2D eigenvalue weighted by Crippen LogP contribution is -2.21. The van der Waals surface area contributed by atoms with Crippen LogP contribution in [0, 0.1) is 5.41 Å². The predicted molar refractivity (Wildman–Crippen MR) is 67.4 cm³/mol. The Hall–Kier alpha value is -0.820. The van der Waals surface area contributed by atoms with Crippen molar-refractivity contribution in [1.82, 2.24) is 0 Å². The molecule has 1 fully saturated rings. The molecule has 1 atom stereocenters. The Morgan fingerprint density at radius 2 is 1.81 bits per heavy atom. The van der Waals surface area contributed by atoms with Gasteiger partial charge in [0.25, 0.3) is 0 Å². The smallest absolute Gasteiger partial charge is 0.0841 e. The molecule has 1 aliphatic rings. The van der Waals surface area contributed by atoms with Crippen LogP contribution < -0.4 is 0 Å². The van der Waals surface area contributed by atoms with Gasteiger partial charge in [-0.05, 0) is 35.3 Å². The maximum absolute atomic E-state index is 10.4. The molecule has 0 amide bonds. The number of hydrogen-bond acceptors (Lipinski definition) is 1. The van der Waals surface area contributed by atoms with Gasteiger partial charge in [0.1, 0.15) is 0 Å². The normalized spacial score (nSPS) is 19.2. The highest BCUT2D eigenvalue weighted by Crippen LogP contribution is 2.42. The second kappa shape index (κ2) is 4.21. The first-order chi connectivity index (χ1) is 7.50. The van der Waals surface area contributed by atoms with E-state index in [4.69, 9.17) is 0 Å². The number of aliphatic hydroxyl groups excluding tert-OH is 1. The molecule has 1 heteroatoms. The molecule has 1 saturated carbocycles. The largest absolute Gasteiger partial charge is 0.388 e. The van der Waals surface area contributed by atoms with Gasteiger partial charge >= 0.3 is 0 Å². The van der Waals surface area contributed by atoms with Crippen LogP contribution in [0.2, 0.25) is 0 Å². The zero-order valence-electron chi connectivity index (χ0n) is 10.5. The van der Waals surface area contributed by atoms with Crippen LogP contribution in [0.3, 0.4) is 0 Å². The minimum absolute atomic E-state index is 0.0835. The first-order valence-corrected chi connectivity index (χ1v) is 6.27. The molecule has 1 aromatic rings. The molecule has 16 heavy (non-hydrogen) atoms. The van der Waals surface area contributed by atoms with Crippen molar-refractivity contribution in [3.8, 4) is 0 Å². The third-order valence-electron chi connectivity index (χ3n) is 3.66. The molecule has 1 aliphatic carbocycles. The van der Waals surface area contributed by atoms with Gasteiger partial charge in [0.2, 0.25) is 0 Å². The molecule has 1 unspecified atom stereocenters. The molecule has 1 aromatic carbocycles. The highest BCUT2D eigenvalue weighted by atomic mass is 16.3. The third-order valence-corrected chi connectivity index (χ3v) is 3.66. The second-order valence-electron chi connectivity index (χ2n) is 6.03. The summed E-state index contributed by atoms with van der Waals surface area (Å²) >= 11 is 0. The number of rotatable bonds is 2. The molecule has 1 N–H and O–H groups in total. The van der Waals surface area contributed by atoms with E-state index in [1.807, 2.05) is 6.07 Å². The summed E-state index contributed by atoms with van der Waals surface area (Å²) in [5.41, 5.74) is 2.43. The highest BCUT2D eigenvalue weighted by molar-refractivity contribution is 5.34. The molecule has 0 radical (unpaired) electrons. The Kier molecular flexibility index (Phi) is 3.07. The summed E-state index contributed by atoms with van der Waals surface area (Å²) in [6, 6.07) is 8.40. The van der Waals surface area contributed by atoms with Gasteiger partial charge in [0.05, 0.1) is 6.10 Å². The molecule has 0 bridgehead atoms. The third kappa shape index (κ3) is 2.15. The Balaban J connectivity index is 2.32. The number of benzene rings is 1. The maximum Gasteiger partial charge on any atom is 0.0841 e. The van der Waals surface area contributed by atoms with Crippen molar-refractivity contribution in [2.75, 3.05) is 0 Å². The van der Waals surface area contributed by atoms with Crippen LogP contribution >= 0.6 is 0 Å². The fourth-order valence-electron chi connectivity index (χ4n) is 2.32. The van der Waals surface area contributed by atoms with Gasteiger partial charge in [0.15, 0.2) is 0 Å². The van der Waals surface area contributed by atoms with E-state index in [0.29, 0.717) is 5.92 Å². The predicted octanol–water partition coefficient (Wildman–Crippen LogP) is 4.03. The lowest BCUT2D eigenvalue weighted by Gasteiger charge is -2.33. The SMILES string of the molecule is CC(C)(C)C(O)c1ccccc1C1CCC1. The Bertz CT molecular complexity index is 358. The zero-order chi connectivity index (χ0) is 11.8. The quantitative estimate of drug-likeness (QED) is 0.794. The van der Waals surface area contributed by atoms with Crippen molar-refractivity contribution >= 4 is 0 Å². The van der Waals surface area contributed by atoms with E-state index in [-0.39, 0.29) is 11.5 Å². The monoisotopic (exact) mass is 218 g/mol. The van der Waals surface area contributed by atoms with Gasteiger partial charge < -0.3 is 5.11 Å². The summed E-state index contributed by atoms with van der Waals surface area (Å²) in [5, 5.41) is 10.4. The molecule has 0 heterocycles. The first-order valence-electron chi connectivity index (χ1n) is 6.27. The van der Waals surface area contributed by atoms with Crippen LogP contribution in [0.1, 0.15) is 63.2 Å². The van der Waals surface area contributed by atoms with E-state index < -0.39 is 0 Å². The van der Waals surface area contributed by atoms with Crippen molar-refractivity contribution in [3.05, 3.63) is 35.4 Å². The fraction of sp³-hybridized carbons (Fsp3) is 0.600. The number of aliphatic hydroxyl groups is 1. The van der Waals surface area contributed by atoms with E-state index in [9.17, 15) is 5.11 Å². The fourth-order valence-corrected chi connectivity index (χ4v) is 2.32. The standard InChI is InChI=1S/C15H22O/c1-15(2,3)14(16)13-10-5-4-9-12(13)11-7-6-8-11/h4-5,9-11,14,16H,6-8H2,1-3H3. The van der Waals surface area contributed by atoms with Crippen LogP contribution in [0.25, 0.3) is 0 Å². The van der Waals surface area contributed by atoms with E-state index in [0.717, 1.165) is 5.56 Å². The molecule has 0 saturated heterocycles. The molecule has 88 valence electrons. The summed E-state index contributed by atoms with van der Waals surface area (Å²) in [7, 11) is 0. The molecule has 1 nitrogen and oxygen atoms in total. The topological polar surface area (TPSA) is 20.2 Å². The summed E-state index contributed by atoms with van der Waals surface area (Å²) in [6.45, 7) is 6.28. The molecular weight excluding hydrogens is 196 g/mol. The van der Waals surface area contributed by atoms with E-state index in [2.05, 4.69) is 39.0 Å². The Labute approximate surface area is 98.5 Å². The van der Waals surface area contributed by atoms with Gasteiger partial charge in [-0.25, -0.2) is 0 Å². The van der Waals surface area contributed by atoms with Crippen LogP contribution in [-0.4, -0.2) is 5.11 Å². The van der Waals surface area contributed by atoms with Crippen molar-refractivity contribution in [1.29, 1.82) is 0 Å². The minimum Gasteiger partial charge on any atom is -0.388 e. The first kappa shape index (κ1) is 11.7. The maximum atomic E-state index is 10.4. The Morgan fingerprint density at radius 3 is 2.31 bits per heavy atom. The Morgan fingerprint density at radius 1 is 1.19 bits per heavy atom. The average molecular weight is 218 g/mol. The zero-order valence-corrected chi connectivity index (χ0v) is 10.5. The van der Waals surface area contributed by atoms with Gasteiger partial charge in [-0.1, -0.05) is 51.5 Å². The molecule has 2 rings (SSSR count). The van der Waals surface area contributed by atoms with Crippen LogP contribution in [-0.2, 0) is 0 Å².